The van der Waals surface area contributed by atoms with E-state index in [1.807, 2.05) is 12.1 Å². The Morgan fingerprint density at radius 3 is 2.78 bits per heavy atom. The highest BCUT2D eigenvalue weighted by Crippen LogP contribution is 2.20. The number of sulfone groups is 1. The molecular formula is C18H23N5O3S. The molecule has 4 heterocycles. The summed E-state index contributed by atoms with van der Waals surface area (Å²) in [5.41, 5.74) is 3.74. The van der Waals surface area contributed by atoms with E-state index in [-0.39, 0.29) is 23.1 Å². The molecule has 8 nitrogen and oxygen atoms in total. The molecule has 0 unspecified atom stereocenters. The smallest absolute Gasteiger partial charge is 0.268 e. The summed E-state index contributed by atoms with van der Waals surface area (Å²) in [5.74, 6) is 0.910. The second-order valence-corrected chi connectivity index (χ2v) is 9.35. The molecule has 2 fully saturated rings. The topological polar surface area (TPSA) is 96.1 Å². The van der Waals surface area contributed by atoms with Crippen LogP contribution in [-0.2, 0) is 9.84 Å². The van der Waals surface area contributed by atoms with E-state index in [1.54, 1.807) is 12.3 Å². The van der Waals surface area contributed by atoms with Crippen molar-refractivity contribution in [2.75, 3.05) is 29.5 Å². The maximum absolute atomic E-state index is 13.0. The Morgan fingerprint density at radius 2 is 2.04 bits per heavy atom. The van der Waals surface area contributed by atoms with Crippen molar-refractivity contribution in [1.82, 2.24) is 14.8 Å². The summed E-state index contributed by atoms with van der Waals surface area (Å²) >= 11 is 0. The van der Waals surface area contributed by atoms with E-state index in [2.05, 4.69) is 15.4 Å². The van der Waals surface area contributed by atoms with Gasteiger partial charge in [0.1, 0.15) is 17.0 Å². The lowest BCUT2D eigenvalue weighted by Gasteiger charge is -2.28. The average Bonchev–Trinajstić information content (AvgIpc) is 3.03. The highest BCUT2D eigenvalue weighted by atomic mass is 32.2. The lowest BCUT2D eigenvalue weighted by Crippen LogP contribution is -2.34. The van der Waals surface area contributed by atoms with E-state index in [0.29, 0.717) is 23.4 Å². The maximum Gasteiger partial charge on any atom is 0.268 e. The molecule has 2 aromatic rings. The molecule has 0 aliphatic carbocycles. The number of piperidine rings is 1. The number of nitrogens with zero attached hydrogens (tertiary/aromatic N) is 4. The first-order valence-corrected chi connectivity index (χ1v) is 11.1. The molecular weight excluding hydrogens is 366 g/mol. The molecule has 0 aromatic carbocycles. The van der Waals surface area contributed by atoms with Crippen molar-refractivity contribution < 1.29 is 8.42 Å². The number of hydrogen-bond acceptors (Lipinski definition) is 7. The molecule has 144 valence electrons. The molecule has 2 aliphatic rings. The standard InChI is InChI=1S/C18H23N5O3S/c24-18-15(12-19-21-14-7-11-27(25,26)13-14)17(22-8-3-1-4-9-22)20-16-6-2-5-10-23(16)18/h2,5-6,10,12,14,21H,1,3-4,7-9,11,13H2/b19-12-/t14-/m0/s1. The summed E-state index contributed by atoms with van der Waals surface area (Å²) < 4.78 is 24.7. The number of fused-ring (bicyclic) bond motifs is 1. The molecule has 9 heteroatoms. The van der Waals surface area contributed by atoms with Gasteiger partial charge in [-0.1, -0.05) is 6.07 Å². The van der Waals surface area contributed by atoms with Gasteiger partial charge in [-0.2, -0.15) is 5.10 Å². The Balaban J connectivity index is 1.68. The molecule has 0 saturated carbocycles. The van der Waals surface area contributed by atoms with Gasteiger partial charge in [0.05, 0.1) is 23.8 Å². The number of pyridine rings is 1. The molecule has 1 N–H and O–H groups in total. The second-order valence-electron chi connectivity index (χ2n) is 7.12. The highest BCUT2D eigenvalue weighted by molar-refractivity contribution is 7.91. The molecule has 27 heavy (non-hydrogen) atoms. The van der Waals surface area contributed by atoms with Gasteiger partial charge in [-0.25, -0.2) is 13.4 Å². The molecule has 2 saturated heterocycles. The first kappa shape index (κ1) is 18.0. The lowest BCUT2D eigenvalue weighted by molar-refractivity contribution is 0.572. The van der Waals surface area contributed by atoms with E-state index < -0.39 is 9.84 Å². The van der Waals surface area contributed by atoms with Gasteiger partial charge in [-0.3, -0.25) is 9.20 Å². The van der Waals surface area contributed by atoms with Crippen molar-refractivity contribution in [2.45, 2.75) is 31.7 Å². The van der Waals surface area contributed by atoms with Crippen LogP contribution in [0, 0.1) is 0 Å². The molecule has 1 atom stereocenters. The summed E-state index contributed by atoms with van der Waals surface area (Å²) in [6.07, 6.45) is 7.05. The minimum absolute atomic E-state index is 0.0816. The fraction of sp³-hybridized carbons (Fsp3) is 0.500. The lowest BCUT2D eigenvalue weighted by atomic mass is 10.1. The van der Waals surface area contributed by atoms with Crippen LogP contribution in [-0.4, -0.2) is 54.7 Å². The molecule has 4 rings (SSSR count). The van der Waals surface area contributed by atoms with Crippen molar-refractivity contribution in [3.05, 3.63) is 40.3 Å². The van der Waals surface area contributed by atoms with Crippen LogP contribution >= 0.6 is 0 Å². The van der Waals surface area contributed by atoms with Crippen molar-refractivity contribution in [2.24, 2.45) is 5.10 Å². The average molecular weight is 389 g/mol. The van der Waals surface area contributed by atoms with E-state index in [4.69, 9.17) is 4.98 Å². The van der Waals surface area contributed by atoms with Gasteiger partial charge in [0.15, 0.2) is 9.84 Å². The van der Waals surface area contributed by atoms with Crippen LogP contribution in [0.2, 0.25) is 0 Å². The third-order valence-electron chi connectivity index (χ3n) is 5.09. The summed E-state index contributed by atoms with van der Waals surface area (Å²) in [6, 6.07) is 5.26. The Hall–Kier alpha value is -2.42. The van der Waals surface area contributed by atoms with Crippen LogP contribution in [0.4, 0.5) is 5.82 Å². The maximum atomic E-state index is 13.0. The van der Waals surface area contributed by atoms with Gasteiger partial charge >= 0.3 is 0 Å². The molecule has 0 radical (unpaired) electrons. The number of aromatic nitrogens is 2. The van der Waals surface area contributed by atoms with Crippen LogP contribution in [0.5, 0.6) is 0 Å². The van der Waals surface area contributed by atoms with E-state index in [0.717, 1.165) is 25.9 Å². The van der Waals surface area contributed by atoms with Crippen molar-refractivity contribution in [3.8, 4) is 0 Å². The zero-order chi connectivity index (χ0) is 18.9. The first-order valence-electron chi connectivity index (χ1n) is 9.29. The Morgan fingerprint density at radius 1 is 1.22 bits per heavy atom. The first-order chi connectivity index (χ1) is 13.0. The van der Waals surface area contributed by atoms with E-state index in [1.165, 1.54) is 17.0 Å². The van der Waals surface area contributed by atoms with Gasteiger partial charge in [-0.05, 0) is 37.8 Å². The fourth-order valence-electron chi connectivity index (χ4n) is 3.65. The Bertz CT molecular complexity index is 1020. The van der Waals surface area contributed by atoms with Crippen LogP contribution < -0.4 is 15.9 Å². The van der Waals surface area contributed by atoms with Gasteiger partial charge in [0.2, 0.25) is 0 Å². The fourth-order valence-corrected chi connectivity index (χ4v) is 5.32. The zero-order valence-corrected chi connectivity index (χ0v) is 15.9. The minimum Gasteiger partial charge on any atom is -0.356 e. The SMILES string of the molecule is O=c1c(/C=N\N[C@H]2CCS(=O)(=O)C2)c(N2CCCCC2)nc2ccccn12. The van der Waals surface area contributed by atoms with E-state index in [9.17, 15) is 13.2 Å². The Labute approximate surface area is 157 Å². The Kier molecular flexibility index (Phi) is 4.86. The highest BCUT2D eigenvalue weighted by Gasteiger charge is 2.27. The normalized spacial score (nSPS) is 22.5. The zero-order valence-electron chi connectivity index (χ0n) is 15.0. The summed E-state index contributed by atoms with van der Waals surface area (Å²) in [4.78, 5) is 19.8. The van der Waals surface area contributed by atoms with Crippen LogP contribution in [0.3, 0.4) is 0 Å². The third kappa shape index (κ3) is 3.83. The predicted molar refractivity (Wildman–Crippen MR) is 105 cm³/mol. The number of anilines is 1. The summed E-state index contributed by atoms with van der Waals surface area (Å²) in [7, 11) is -2.98. The van der Waals surface area contributed by atoms with Gasteiger partial charge in [-0.15, -0.1) is 0 Å². The molecule has 0 amide bonds. The van der Waals surface area contributed by atoms with Crippen molar-refractivity contribution in [3.63, 3.8) is 0 Å². The largest absolute Gasteiger partial charge is 0.356 e. The van der Waals surface area contributed by atoms with Gasteiger partial charge < -0.3 is 10.3 Å². The minimum atomic E-state index is -2.98. The van der Waals surface area contributed by atoms with Crippen LogP contribution in [0.1, 0.15) is 31.2 Å². The quantitative estimate of drug-likeness (QED) is 0.614. The monoisotopic (exact) mass is 389 g/mol. The number of hydrazone groups is 1. The van der Waals surface area contributed by atoms with Gasteiger partial charge in [0.25, 0.3) is 5.56 Å². The summed E-state index contributed by atoms with van der Waals surface area (Å²) in [6.45, 7) is 1.73. The molecule has 0 bridgehead atoms. The van der Waals surface area contributed by atoms with Crippen molar-refractivity contribution in [1.29, 1.82) is 0 Å². The second kappa shape index (κ2) is 7.30. The number of rotatable bonds is 4. The third-order valence-corrected chi connectivity index (χ3v) is 6.86. The summed E-state index contributed by atoms with van der Waals surface area (Å²) in [5, 5.41) is 4.19. The van der Waals surface area contributed by atoms with Crippen molar-refractivity contribution >= 4 is 27.5 Å². The number of nitrogens with one attached hydrogen (secondary N) is 1. The van der Waals surface area contributed by atoms with Crippen LogP contribution in [0.15, 0.2) is 34.3 Å². The predicted octanol–water partition coefficient (Wildman–Crippen LogP) is 0.795. The van der Waals surface area contributed by atoms with Crippen LogP contribution in [0.25, 0.3) is 5.65 Å². The molecule has 2 aromatic heterocycles. The molecule has 2 aliphatic heterocycles. The van der Waals surface area contributed by atoms with E-state index >= 15 is 0 Å². The molecule has 0 spiro atoms. The number of hydrogen-bond donors (Lipinski definition) is 1. The van der Waals surface area contributed by atoms with Gasteiger partial charge in [0, 0.05) is 19.3 Å².